The third kappa shape index (κ3) is 3.28. The molecule has 0 spiro atoms. The van der Waals surface area contributed by atoms with Crippen molar-refractivity contribution in [1.82, 2.24) is 0 Å². The molecule has 0 heterocycles. The minimum atomic E-state index is -0.705. The summed E-state index contributed by atoms with van der Waals surface area (Å²) in [6.07, 6.45) is -0.705. The fourth-order valence-corrected chi connectivity index (χ4v) is 2.82. The van der Waals surface area contributed by atoms with Crippen LogP contribution in [-0.4, -0.2) is 12.2 Å². The summed E-state index contributed by atoms with van der Waals surface area (Å²) in [6.45, 7) is 1.63. The quantitative estimate of drug-likeness (QED) is 0.915. The van der Waals surface area contributed by atoms with E-state index in [-0.39, 0.29) is 5.82 Å². The van der Waals surface area contributed by atoms with Gasteiger partial charge in [0.1, 0.15) is 11.6 Å². The topological polar surface area (TPSA) is 29.5 Å². The van der Waals surface area contributed by atoms with Gasteiger partial charge in [0.05, 0.1) is 18.1 Å². The van der Waals surface area contributed by atoms with Crippen LogP contribution in [0.3, 0.4) is 0 Å². The first-order valence-corrected chi connectivity index (χ1v) is 6.72. The number of benzene rings is 2. The highest BCUT2D eigenvalue weighted by atomic mass is 32.2. The summed E-state index contributed by atoms with van der Waals surface area (Å²) in [4.78, 5) is 1.32. The van der Waals surface area contributed by atoms with Crippen LogP contribution in [0, 0.1) is 5.82 Å². The zero-order valence-electron chi connectivity index (χ0n) is 10.8. The van der Waals surface area contributed by atoms with Crippen LogP contribution in [0.5, 0.6) is 5.75 Å². The molecule has 0 aromatic heterocycles. The maximum Gasteiger partial charge on any atom is 0.137 e. The van der Waals surface area contributed by atoms with Crippen molar-refractivity contribution in [2.75, 3.05) is 7.11 Å². The number of methoxy groups -OCH3 is 1. The van der Waals surface area contributed by atoms with E-state index in [9.17, 15) is 9.50 Å². The fraction of sp³-hybridized carbons (Fsp3) is 0.200. The summed E-state index contributed by atoms with van der Waals surface area (Å²) < 4.78 is 19.1. The lowest BCUT2D eigenvalue weighted by Crippen LogP contribution is -1.96. The molecule has 2 aromatic carbocycles. The second-order valence-electron chi connectivity index (χ2n) is 4.12. The van der Waals surface area contributed by atoms with Crippen LogP contribution in [0.1, 0.15) is 18.6 Å². The lowest BCUT2D eigenvalue weighted by Gasteiger charge is -2.12. The Morgan fingerprint density at radius 3 is 2.63 bits per heavy atom. The fourth-order valence-electron chi connectivity index (χ4n) is 1.74. The normalized spacial score (nSPS) is 12.2. The predicted octanol–water partition coefficient (Wildman–Crippen LogP) is 4.04. The summed E-state index contributed by atoms with van der Waals surface area (Å²) >= 11 is 1.28. The number of halogens is 1. The van der Waals surface area contributed by atoms with E-state index in [2.05, 4.69) is 0 Å². The van der Waals surface area contributed by atoms with Gasteiger partial charge < -0.3 is 9.84 Å². The average Bonchev–Trinajstić information content (AvgIpc) is 2.41. The van der Waals surface area contributed by atoms with Gasteiger partial charge in [-0.15, -0.1) is 0 Å². The van der Waals surface area contributed by atoms with E-state index in [0.717, 1.165) is 10.6 Å². The van der Waals surface area contributed by atoms with Crippen molar-refractivity contribution in [3.63, 3.8) is 0 Å². The third-order valence-corrected chi connectivity index (χ3v) is 3.83. The van der Waals surface area contributed by atoms with E-state index in [1.807, 2.05) is 24.3 Å². The Labute approximate surface area is 116 Å². The van der Waals surface area contributed by atoms with Crippen molar-refractivity contribution in [2.24, 2.45) is 0 Å². The Bertz CT molecular complexity index is 570. The second-order valence-corrected chi connectivity index (χ2v) is 5.20. The van der Waals surface area contributed by atoms with Crippen LogP contribution >= 0.6 is 11.8 Å². The van der Waals surface area contributed by atoms with Crippen LogP contribution in [0.4, 0.5) is 4.39 Å². The van der Waals surface area contributed by atoms with Gasteiger partial charge in [0.2, 0.25) is 0 Å². The Hall–Kier alpha value is -1.52. The van der Waals surface area contributed by atoms with E-state index < -0.39 is 6.10 Å². The second kappa shape index (κ2) is 6.08. The zero-order valence-corrected chi connectivity index (χ0v) is 11.6. The number of hydrogen-bond acceptors (Lipinski definition) is 3. The highest BCUT2D eigenvalue weighted by molar-refractivity contribution is 7.99. The van der Waals surface area contributed by atoms with E-state index in [4.69, 9.17) is 4.74 Å². The first-order valence-electron chi connectivity index (χ1n) is 5.90. The SMILES string of the molecule is COc1cccc(Sc2c(F)cccc2C(C)O)c1. The van der Waals surface area contributed by atoms with E-state index >= 15 is 0 Å². The molecule has 2 rings (SSSR count). The van der Waals surface area contributed by atoms with Gasteiger partial charge in [0.25, 0.3) is 0 Å². The molecule has 0 fully saturated rings. The van der Waals surface area contributed by atoms with Crippen LogP contribution in [0.25, 0.3) is 0 Å². The van der Waals surface area contributed by atoms with Crippen molar-refractivity contribution in [3.8, 4) is 5.75 Å². The van der Waals surface area contributed by atoms with Gasteiger partial charge in [-0.1, -0.05) is 30.0 Å². The highest BCUT2D eigenvalue weighted by Gasteiger charge is 2.13. The summed E-state index contributed by atoms with van der Waals surface area (Å²) in [5.74, 6) is 0.395. The van der Waals surface area contributed by atoms with Gasteiger partial charge in [0, 0.05) is 4.90 Å². The van der Waals surface area contributed by atoms with E-state index in [1.165, 1.54) is 17.8 Å². The van der Waals surface area contributed by atoms with Crippen molar-refractivity contribution in [1.29, 1.82) is 0 Å². The molecule has 1 atom stereocenters. The molecular weight excluding hydrogens is 263 g/mol. The molecule has 0 saturated heterocycles. The first kappa shape index (κ1) is 13.9. The molecule has 0 aliphatic heterocycles. The number of ether oxygens (including phenoxy) is 1. The molecule has 0 aliphatic rings. The molecule has 0 bridgehead atoms. The van der Waals surface area contributed by atoms with Crippen molar-refractivity contribution < 1.29 is 14.2 Å². The first-order chi connectivity index (χ1) is 9.11. The van der Waals surface area contributed by atoms with Gasteiger partial charge in [-0.05, 0) is 36.8 Å². The number of hydrogen-bond donors (Lipinski definition) is 1. The molecule has 1 unspecified atom stereocenters. The largest absolute Gasteiger partial charge is 0.497 e. The molecule has 0 amide bonds. The molecule has 19 heavy (non-hydrogen) atoms. The summed E-state index contributed by atoms with van der Waals surface area (Å²) in [7, 11) is 1.59. The summed E-state index contributed by atoms with van der Waals surface area (Å²) in [5.41, 5.74) is 0.591. The van der Waals surface area contributed by atoms with Gasteiger partial charge in [-0.25, -0.2) is 4.39 Å². The molecule has 2 aromatic rings. The predicted molar refractivity (Wildman–Crippen MR) is 74.2 cm³/mol. The highest BCUT2D eigenvalue weighted by Crippen LogP contribution is 2.36. The molecule has 100 valence electrons. The monoisotopic (exact) mass is 278 g/mol. The molecule has 0 saturated carbocycles. The van der Waals surface area contributed by atoms with Crippen LogP contribution < -0.4 is 4.74 Å². The lowest BCUT2D eigenvalue weighted by molar-refractivity contribution is 0.195. The Kier molecular flexibility index (Phi) is 4.45. The Balaban J connectivity index is 2.37. The zero-order chi connectivity index (χ0) is 13.8. The molecular formula is C15H15FO2S. The Morgan fingerprint density at radius 1 is 1.21 bits per heavy atom. The maximum atomic E-state index is 13.9. The maximum absolute atomic E-state index is 13.9. The van der Waals surface area contributed by atoms with E-state index in [0.29, 0.717) is 10.5 Å². The minimum Gasteiger partial charge on any atom is -0.497 e. The minimum absolute atomic E-state index is 0.328. The molecule has 2 nitrogen and oxygen atoms in total. The molecule has 4 heteroatoms. The van der Waals surface area contributed by atoms with Gasteiger partial charge >= 0.3 is 0 Å². The van der Waals surface area contributed by atoms with Crippen molar-refractivity contribution in [3.05, 3.63) is 53.8 Å². The van der Waals surface area contributed by atoms with Gasteiger partial charge in [0.15, 0.2) is 0 Å². The lowest BCUT2D eigenvalue weighted by atomic mass is 10.1. The summed E-state index contributed by atoms with van der Waals surface area (Å²) in [6, 6.07) is 12.1. The number of aliphatic hydroxyl groups is 1. The molecule has 0 aliphatic carbocycles. The van der Waals surface area contributed by atoms with E-state index in [1.54, 1.807) is 26.2 Å². The van der Waals surface area contributed by atoms with Gasteiger partial charge in [-0.3, -0.25) is 0 Å². The number of rotatable bonds is 4. The Morgan fingerprint density at radius 2 is 1.95 bits per heavy atom. The van der Waals surface area contributed by atoms with Crippen molar-refractivity contribution in [2.45, 2.75) is 22.8 Å². The summed E-state index contributed by atoms with van der Waals surface area (Å²) in [5, 5.41) is 9.70. The molecule has 0 radical (unpaired) electrons. The van der Waals surface area contributed by atoms with Crippen LogP contribution in [0.2, 0.25) is 0 Å². The standard InChI is InChI=1S/C15H15FO2S/c1-10(17)13-7-4-8-14(16)15(13)19-12-6-3-5-11(9-12)18-2/h3-10,17H,1-2H3. The van der Waals surface area contributed by atoms with Crippen LogP contribution in [0.15, 0.2) is 52.3 Å². The van der Waals surface area contributed by atoms with Crippen LogP contribution in [-0.2, 0) is 0 Å². The average molecular weight is 278 g/mol. The molecule has 1 N–H and O–H groups in total. The third-order valence-electron chi connectivity index (χ3n) is 2.71. The van der Waals surface area contributed by atoms with Gasteiger partial charge in [-0.2, -0.15) is 0 Å². The number of aliphatic hydroxyl groups excluding tert-OH is 1. The van der Waals surface area contributed by atoms with Crippen molar-refractivity contribution >= 4 is 11.8 Å². The smallest absolute Gasteiger partial charge is 0.137 e.